The SMILES string of the molecule is CC(C)(C)OC(=O)N1C[C@H](CO)OC(C)(C)C1. The summed E-state index contributed by atoms with van der Waals surface area (Å²) in [5.74, 6) is 0. The predicted molar refractivity (Wildman–Crippen MR) is 63.8 cm³/mol. The maximum atomic E-state index is 11.9. The first-order chi connectivity index (χ1) is 7.63. The quantitative estimate of drug-likeness (QED) is 0.758. The van der Waals surface area contributed by atoms with Crippen molar-refractivity contribution in [3.05, 3.63) is 0 Å². The van der Waals surface area contributed by atoms with Crippen LogP contribution in [0.3, 0.4) is 0 Å². The van der Waals surface area contributed by atoms with E-state index >= 15 is 0 Å². The van der Waals surface area contributed by atoms with Gasteiger partial charge in [-0.25, -0.2) is 4.79 Å². The Balaban J connectivity index is 2.67. The Bertz CT molecular complexity index is 283. The van der Waals surface area contributed by atoms with E-state index in [-0.39, 0.29) is 18.8 Å². The first-order valence-electron chi connectivity index (χ1n) is 5.89. The highest BCUT2D eigenvalue weighted by molar-refractivity contribution is 5.68. The molecule has 0 aromatic heterocycles. The van der Waals surface area contributed by atoms with Gasteiger partial charge in [-0.2, -0.15) is 0 Å². The van der Waals surface area contributed by atoms with Crippen molar-refractivity contribution in [2.24, 2.45) is 0 Å². The lowest BCUT2D eigenvalue weighted by Gasteiger charge is -2.42. The van der Waals surface area contributed by atoms with Gasteiger partial charge in [-0.05, 0) is 34.6 Å². The highest BCUT2D eigenvalue weighted by Gasteiger charge is 2.36. The number of hydrogen-bond donors (Lipinski definition) is 1. The summed E-state index contributed by atoms with van der Waals surface area (Å²) >= 11 is 0. The lowest BCUT2D eigenvalue weighted by atomic mass is 10.1. The molecule has 0 unspecified atom stereocenters. The fraction of sp³-hybridized carbons (Fsp3) is 0.917. The molecule has 5 nitrogen and oxygen atoms in total. The Morgan fingerprint density at radius 2 is 2.12 bits per heavy atom. The predicted octanol–water partition coefficient (Wildman–Crippen LogP) is 1.39. The van der Waals surface area contributed by atoms with Gasteiger partial charge in [0.2, 0.25) is 0 Å². The van der Waals surface area contributed by atoms with E-state index < -0.39 is 11.2 Å². The molecule has 1 N–H and O–H groups in total. The highest BCUT2D eigenvalue weighted by Crippen LogP contribution is 2.22. The van der Waals surface area contributed by atoms with Crippen molar-refractivity contribution < 1.29 is 19.4 Å². The second kappa shape index (κ2) is 4.82. The molecular weight excluding hydrogens is 222 g/mol. The van der Waals surface area contributed by atoms with E-state index in [1.165, 1.54) is 0 Å². The minimum Gasteiger partial charge on any atom is -0.444 e. The second-order valence-corrected chi connectivity index (χ2v) is 6.04. The molecule has 1 aliphatic heterocycles. The smallest absolute Gasteiger partial charge is 0.410 e. The van der Waals surface area contributed by atoms with Crippen molar-refractivity contribution in [3.63, 3.8) is 0 Å². The molecule has 0 aromatic rings. The Labute approximate surface area is 103 Å². The zero-order valence-corrected chi connectivity index (χ0v) is 11.3. The van der Waals surface area contributed by atoms with E-state index in [2.05, 4.69) is 0 Å². The zero-order chi connectivity index (χ0) is 13.3. The van der Waals surface area contributed by atoms with Gasteiger partial charge in [0, 0.05) is 0 Å². The summed E-state index contributed by atoms with van der Waals surface area (Å²) in [5, 5.41) is 9.15. The third kappa shape index (κ3) is 4.52. The maximum absolute atomic E-state index is 11.9. The van der Waals surface area contributed by atoms with Crippen LogP contribution in [0.4, 0.5) is 4.79 Å². The molecule has 0 radical (unpaired) electrons. The average Bonchev–Trinajstić information content (AvgIpc) is 2.12. The van der Waals surface area contributed by atoms with E-state index in [9.17, 15) is 4.79 Å². The van der Waals surface area contributed by atoms with Gasteiger partial charge in [0.1, 0.15) is 5.60 Å². The molecule has 0 aliphatic carbocycles. The molecule has 0 saturated carbocycles. The standard InChI is InChI=1S/C12H23NO4/c1-11(2,3)17-10(15)13-6-9(7-14)16-12(4,5)8-13/h9,14H,6-8H2,1-5H3/t9-/m1/s1. The number of carbonyl (C=O) groups excluding carboxylic acids is 1. The number of nitrogens with zero attached hydrogens (tertiary/aromatic N) is 1. The summed E-state index contributed by atoms with van der Waals surface area (Å²) in [7, 11) is 0. The number of amides is 1. The normalized spacial score (nSPS) is 24.6. The molecule has 0 spiro atoms. The fourth-order valence-corrected chi connectivity index (χ4v) is 1.86. The van der Waals surface area contributed by atoms with Crippen LogP contribution in [0.1, 0.15) is 34.6 Å². The van der Waals surface area contributed by atoms with E-state index in [1.54, 1.807) is 4.90 Å². The van der Waals surface area contributed by atoms with Gasteiger partial charge in [-0.1, -0.05) is 0 Å². The Morgan fingerprint density at radius 3 is 2.59 bits per heavy atom. The largest absolute Gasteiger partial charge is 0.444 e. The number of aliphatic hydroxyl groups excluding tert-OH is 1. The Kier molecular flexibility index (Phi) is 4.04. The lowest BCUT2D eigenvalue weighted by Crippen LogP contribution is -2.56. The van der Waals surface area contributed by atoms with Crippen LogP contribution in [-0.2, 0) is 9.47 Å². The van der Waals surface area contributed by atoms with Crippen LogP contribution in [-0.4, -0.2) is 53.1 Å². The van der Waals surface area contributed by atoms with Gasteiger partial charge < -0.3 is 19.5 Å². The topological polar surface area (TPSA) is 59.0 Å². The summed E-state index contributed by atoms with van der Waals surface area (Å²) in [6, 6.07) is 0. The van der Waals surface area contributed by atoms with Crippen LogP contribution in [0, 0.1) is 0 Å². The van der Waals surface area contributed by atoms with Crippen molar-refractivity contribution in [1.29, 1.82) is 0 Å². The average molecular weight is 245 g/mol. The Morgan fingerprint density at radius 1 is 1.53 bits per heavy atom. The van der Waals surface area contributed by atoms with Crippen LogP contribution in [0.5, 0.6) is 0 Å². The van der Waals surface area contributed by atoms with Gasteiger partial charge in [0.15, 0.2) is 0 Å². The van der Waals surface area contributed by atoms with Crippen molar-refractivity contribution in [1.82, 2.24) is 4.90 Å². The van der Waals surface area contributed by atoms with Crippen LogP contribution < -0.4 is 0 Å². The van der Waals surface area contributed by atoms with Crippen molar-refractivity contribution in [3.8, 4) is 0 Å². The molecule has 1 rings (SSSR count). The minimum atomic E-state index is -0.506. The molecule has 100 valence electrons. The number of hydrogen-bond acceptors (Lipinski definition) is 4. The molecule has 1 fully saturated rings. The number of ether oxygens (including phenoxy) is 2. The molecule has 1 amide bonds. The molecule has 0 aromatic carbocycles. The van der Waals surface area contributed by atoms with E-state index in [1.807, 2.05) is 34.6 Å². The number of carbonyl (C=O) groups is 1. The molecule has 5 heteroatoms. The monoisotopic (exact) mass is 245 g/mol. The first-order valence-corrected chi connectivity index (χ1v) is 5.89. The van der Waals surface area contributed by atoms with Crippen LogP contribution in [0.15, 0.2) is 0 Å². The molecule has 1 aliphatic rings. The van der Waals surface area contributed by atoms with Crippen molar-refractivity contribution in [2.45, 2.75) is 51.9 Å². The molecule has 0 bridgehead atoms. The lowest BCUT2D eigenvalue weighted by molar-refractivity contribution is -0.145. The van der Waals surface area contributed by atoms with Gasteiger partial charge in [-0.3, -0.25) is 0 Å². The minimum absolute atomic E-state index is 0.0945. The first kappa shape index (κ1) is 14.3. The van der Waals surface area contributed by atoms with Crippen LogP contribution in [0.25, 0.3) is 0 Å². The third-order valence-corrected chi connectivity index (χ3v) is 2.34. The summed E-state index contributed by atoms with van der Waals surface area (Å²) in [5.41, 5.74) is -0.962. The van der Waals surface area contributed by atoms with Crippen LogP contribution >= 0.6 is 0 Å². The van der Waals surface area contributed by atoms with E-state index in [0.29, 0.717) is 13.1 Å². The van der Waals surface area contributed by atoms with Crippen molar-refractivity contribution >= 4 is 6.09 Å². The van der Waals surface area contributed by atoms with Gasteiger partial charge in [0.25, 0.3) is 0 Å². The molecule has 1 atom stereocenters. The number of rotatable bonds is 1. The second-order valence-electron chi connectivity index (χ2n) is 6.04. The highest BCUT2D eigenvalue weighted by atomic mass is 16.6. The molecular formula is C12H23NO4. The van der Waals surface area contributed by atoms with Gasteiger partial charge >= 0.3 is 6.09 Å². The van der Waals surface area contributed by atoms with E-state index in [4.69, 9.17) is 14.6 Å². The summed E-state index contributed by atoms with van der Waals surface area (Å²) in [4.78, 5) is 13.5. The summed E-state index contributed by atoms with van der Waals surface area (Å²) < 4.78 is 10.9. The van der Waals surface area contributed by atoms with E-state index in [0.717, 1.165) is 0 Å². The van der Waals surface area contributed by atoms with Crippen molar-refractivity contribution in [2.75, 3.05) is 19.7 Å². The zero-order valence-electron chi connectivity index (χ0n) is 11.3. The third-order valence-electron chi connectivity index (χ3n) is 2.34. The summed E-state index contributed by atoms with van der Waals surface area (Å²) in [6.07, 6.45) is -0.696. The Hall–Kier alpha value is -0.810. The maximum Gasteiger partial charge on any atom is 0.410 e. The molecule has 1 heterocycles. The molecule has 1 saturated heterocycles. The summed E-state index contributed by atoms with van der Waals surface area (Å²) in [6.45, 7) is 10.0. The number of aliphatic hydroxyl groups is 1. The molecule has 17 heavy (non-hydrogen) atoms. The van der Waals surface area contributed by atoms with Gasteiger partial charge in [-0.15, -0.1) is 0 Å². The van der Waals surface area contributed by atoms with Gasteiger partial charge in [0.05, 0.1) is 31.4 Å². The van der Waals surface area contributed by atoms with Crippen LogP contribution in [0.2, 0.25) is 0 Å². The number of morpholine rings is 1. The fourth-order valence-electron chi connectivity index (χ4n) is 1.86.